The van der Waals surface area contributed by atoms with Crippen LogP contribution < -0.4 is 0 Å². The number of aromatic nitrogens is 2. The molecule has 1 N–H and O–H groups in total. The number of nitrogens with zero attached hydrogens (tertiary/aromatic N) is 3. The molecule has 22 heavy (non-hydrogen) atoms. The van der Waals surface area contributed by atoms with Gasteiger partial charge in [-0.2, -0.15) is 5.10 Å². The number of carbonyl (C=O) groups is 2. The number of aldehydes is 1. The van der Waals surface area contributed by atoms with Gasteiger partial charge in [0.2, 0.25) is 0 Å². The van der Waals surface area contributed by atoms with E-state index in [0.717, 1.165) is 30.4 Å². The molecule has 4 rings (SSSR count). The summed E-state index contributed by atoms with van der Waals surface area (Å²) in [6, 6.07) is 0. The third-order valence-corrected chi connectivity index (χ3v) is 5.09. The van der Waals surface area contributed by atoms with Gasteiger partial charge in [0, 0.05) is 17.8 Å². The standard InChI is InChI=1S/C15H18FN3O3/c16-10-7-18(2-1-12(10)21)15(22)14-13-9-5-8(9)6-11(13)19(17-14)3-4-20/h4,8-10,12,21H,1-3,5-7H2/t8-,9-,10+,12-/m1/s1. The lowest BCUT2D eigenvalue weighted by Gasteiger charge is -2.31. The van der Waals surface area contributed by atoms with Gasteiger partial charge >= 0.3 is 0 Å². The summed E-state index contributed by atoms with van der Waals surface area (Å²) in [5, 5.41) is 13.8. The molecule has 0 unspecified atom stereocenters. The van der Waals surface area contributed by atoms with Gasteiger partial charge in [0.25, 0.3) is 5.91 Å². The smallest absolute Gasteiger partial charge is 0.274 e. The van der Waals surface area contributed by atoms with E-state index in [1.165, 1.54) is 4.90 Å². The van der Waals surface area contributed by atoms with E-state index < -0.39 is 12.3 Å². The molecular formula is C15H18FN3O3. The Bertz CT molecular complexity index is 644. The summed E-state index contributed by atoms with van der Waals surface area (Å²) in [6.45, 7) is 0.396. The van der Waals surface area contributed by atoms with E-state index in [1.54, 1.807) is 4.68 Å². The Kier molecular flexibility index (Phi) is 3.07. The molecule has 0 radical (unpaired) electrons. The van der Waals surface area contributed by atoms with Crippen molar-refractivity contribution in [3.05, 3.63) is 17.0 Å². The zero-order valence-corrected chi connectivity index (χ0v) is 12.1. The van der Waals surface area contributed by atoms with Crippen LogP contribution in [0.4, 0.5) is 4.39 Å². The van der Waals surface area contributed by atoms with E-state index in [4.69, 9.17) is 0 Å². The number of carbonyl (C=O) groups excluding carboxylic acids is 2. The molecule has 2 fully saturated rings. The molecule has 0 bridgehead atoms. The minimum atomic E-state index is -1.41. The van der Waals surface area contributed by atoms with Crippen molar-refractivity contribution >= 4 is 12.2 Å². The number of rotatable bonds is 3. The van der Waals surface area contributed by atoms with Crippen LogP contribution in [0, 0.1) is 5.92 Å². The highest BCUT2D eigenvalue weighted by Crippen LogP contribution is 2.57. The number of hydrogen-bond acceptors (Lipinski definition) is 4. The third kappa shape index (κ3) is 1.99. The maximum atomic E-state index is 13.7. The molecule has 1 saturated heterocycles. The molecule has 3 aliphatic rings. The minimum absolute atomic E-state index is 0.0938. The average molecular weight is 307 g/mol. The number of hydrogen-bond donors (Lipinski definition) is 1. The minimum Gasteiger partial charge on any atom is -0.390 e. The Balaban J connectivity index is 1.64. The van der Waals surface area contributed by atoms with E-state index in [1.807, 2.05) is 0 Å². The van der Waals surface area contributed by atoms with E-state index in [0.29, 0.717) is 24.1 Å². The fraction of sp³-hybridized carbons (Fsp3) is 0.667. The first kappa shape index (κ1) is 13.9. The van der Waals surface area contributed by atoms with Crippen LogP contribution >= 0.6 is 0 Å². The number of halogens is 1. The van der Waals surface area contributed by atoms with Crippen molar-refractivity contribution in [3.8, 4) is 0 Å². The van der Waals surface area contributed by atoms with Crippen molar-refractivity contribution in [2.75, 3.05) is 13.1 Å². The Morgan fingerprint density at radius 3 is 3.05 bits per heavy atom. The zero-order valence-electron chi connectivity index (χ0n) is 12.1. The van der Waals surface area contributed by atoms with Gasteiger partial charge in [-0.25, -0.2) is 4.39 Å². The molecule has 6 nitrogen and oxygen atoms in total. The molecule has 1 amide bonds. The van der Waals surface area contributed by atoms with Crippen LogP contribution in [0.3, 0.4) is 0 Å². The van der Waals surface area contributed by atoms with Crippen molar-refractivity contribution in [1.82, 2.24) is 14.7 Å². The molecule has 2 heterocycles. The van der Waals surface area contributed by atoms with Crippen LogP contribution in [0.1, 0.15) is 40.5 Å². The fourth-order valence-electron chi connectivity index (χ4n) is 3.80. The van der Waals surface area contributed by atoms with Crippen molar-refractivity contribution < 1.29 is 19.1 Å². The highest BCUT2D eigenvalue weighted by molar-refractivity contribution is 5.95. The molecule has 4 atom stereocenters. The maximum Gasteiger partial charge on any atom is 0.274 e. The number of alkyl halides is 1. The van der Waals surface area contributed by atoms with Gasteiger partial charge in [0.15, 0.2) is 5.69 Å². The fourth-order valence-corrected chi connectivity index (χ4v) is 3.80. The molecule has 118 valence electrons. The first-order valence-electron chi connectivity index (χ1n) is 7.74. The van der Waals surface area contributed by atoms with Crippen molar-refractivity contribution in [2.24, 2.45) is 5.92 Å². The summed E-state index contributed by atoms with van der Waals surface area (Å²) in [7, 11) is 0. The van der Waals surface area contributed by atoms with Crippen molar-refractivity contribution in [2.45, 2.75) is 44.0 Å². The largest absolute Gasteiger partial charge is 0.390 e. The van der Waals surface area contributed by atoms with Gasteiger partial charge in [-0.15, -0.1) is 0 Å². The SMILES string of the molecule is O=CCn1nc(C(=O)N2CC[C@@H](O)[C@@H](F)C2)c2c1C[C@H]1C[C@@H]21. The first-order chi connectivity index (χ1) is 10.6. The van der Waals surface area contributed by atoms with Gasteiger partial charge < -0.3 is 14.8 Å². The van der Waals surface area contributed by atoms with Gasteiger partial charge in [-0.3, -0.25) is 9.48 Å². The second-order valence-corrected chi connectivity index (χ2v) is 6.49. The highest BCUT2D eigenvalue weighted by Gasteiger charge is 2.50. The molecule has 1 aromatic heterocycles. The number of likely N-dealkylation sites (tertiary alicyclic amines) is 1. The molecule has 1 aliphatic heterocycles. The van der Waals surface area contributed by atoms with Crippen molar-refractivity contribution in [1.29, 1.82) is 0 Å². The molecule has 0 aromatic carbocycles. The third-order valence-electron chi connectivity index (χ3n) is 5.09. The van der Waals surface area contributed by atoms with Crippen LogP contribution in [-0.2, 0) is 17.8 Å². The summed E-state index contributed by atoms with van der Waals surface area (Å²) in [4.78, 5) is 24.9. The second kappa shape index (κ2) is 4.87. The molecule has 1 aromatic rings. The Morgan fingerprint density at radius 1 is 1.50 bits per heavy atom. The monoisotopic (exact) mass is 307 g/mol. The summed E-state index contributed by atoms with van der Waals surface area (Å²) >= 11 is 0. The number of aliphatic hydroxyl groups is 1. The lowest BCUT2D eigenvalue weighted by atomic mass is 10.0. The second-order valence-electron chi connectivity index (χ2n) is 6.49. The van der Waals surface area contributed by atoms with Gasteiger partial charge in [0.1, 0.15) is 12.5 Å². The predicted octanol–water partition coefficient (Wildman–Crippen LogP) is 0.286. The van der Waals surface area contributed by atoms with E-state index >= 15 is 0 Å². The lowest BCUT2D eigenvalue weighted by molar-refractivity contribution is -0.108. The van der Waals surface area contributed by atoms with Gasteiger partial charge in [-0.05, 0) is 31.1 Å². The number of amides is 1. The molecule has 2 aliphatic carbocycles. The maximum absolute atomic E-state index is 13.7. The molecule has 1 saturated carbocycles. The van der Waals surface area contributed by atoms with E-state index in [2.05, 4.69) is 5.10 Å². The first-order valence-corrected chi connectivity index (χ1v) is 7.74. The van der Waals surface area contributed by atoms with Crippen LogP contribution in [0.2, 0.25) is 0 Å². The van der Waals surface area contributed by atoms with Gasteiger partial charge in [-0.1, -0.05) is 0 Å². The number of fused-ring (bicyclic) bond motifs is 3. The normalized spacial score (nSPS) is 32.5. The Labute approximate surface area is 126 Å². The van der Waals surface area contributed by atoms with Crippen LogP contribution in [0.15, 0.2) is 0 Å². The summed E-state index contributed by atoms with van der Waals surface area (Å²) in [5.74, 6) is 0.684. The van der Waals surface area contributed by atoms with Crippen LogP contribution in [-0.4, -0.2) is 57.3 Å². The van der Waals surface area contributed by atoms with Crippen LogP contribution in [0.25, 0.3) is 0 Å². The topological polar surface area (TPSA) is 75.4 Å². The van der Waals surface area contributed by atoms with Gasteiger partial charge in [0.05, 0.1) is 19.2 Å². The Hall–Kier alpha value is -1.76. The highest BCUT2D eigenvalue weighted by atomic mass is 19.1. The average Bonchev–Trinajstić information content (AvgIpc) is 3.02. The Morgan fingerprint density at radius 2 is 2.32 bits per heavy atom. The molecule has 0 spiro atoms. The summed E-state index contributed by atoms with van der Waals surface area (Å²) < 4.78 is 15.3. The summed E-state index contributed by atoms with van der Waals surface area (Å²) in [6.07, 6.45) is 0.575. The zero-order chi connectivity index (χ0) is 15.4. The number of piperidine rings is 1. The van der Waals surface area contributed by atoms with Crippen LogP contribution in [0.5, 0.6) is 0 Å². The lowest BCUT2D eigenvalue weighted by Crippen LogP contribution is -2.47. The molecular weight excluding hydrogens is 289 g/mol. The van der Waals surface area contributed by atoms with E-state index in [-0.39, 0.29) is 25.4 Å². The predicted molar refractivity (Wildman–Crippen MR) is 74.3 cm³/mol. The quantitative estimate of drug-likeness (QED) is 0.814. The van der Waals surface area contributed by atoms with E-state index in [9.17, 15) is 19.1 Å². The molecule has 7 heteroatoms. The number of aliphatic hydroxyl groups excluding tert-OH is 1. The van der Waals surface area contributed by atoms with Crippen molar-refractivity contribution in [3.63, 3.8) is 0 Å². The summed E-state index contributed by atoms with van der Waals surface area (Å²) in [5.41, 5.74) is 2.34.